The van der Waals surface area contributed by atoms with Crippen molar-refractivity contribution in [3.05, 3.63) is 17.0 Å². The van der Waals surface area contributed by atoms with Crippen molar-refractivity contribution >= 4 is 0 Å². The Bertz CT molecular complexity index is 394. The van der Waals surface area contributed by atoms with E-state index >= 15 is 0 Å². The molecule has 1 N–H and O–H groups in total. The maximum Gasteiger partial charge on any atom is 0.0682 e. The minimum Gasteiger partial charge on any atom is -0.282 e. The van der Waals surface area contributed by atoms with Crippen molar-refractivity contribution in [1.29, 1.82) is 5.26 Å². The van der Waals surface area contributed by atoms with Crippen LogP contribution >= 0.6 is 0 Å². The highest BCUT2D eigenvalue weighted by atomic mass is 15.1. The zero-order valence-corrected chi connectivity index (χ0v) is 10.1. The van der Waals surface area contributed by atoms with Crippen LogP contribution in [-0.4, -0.2) is 10.2 Å². The van der Waals surface area contributed by atoms with Gasteiger partial charge in [-0.1, -0.05) is 20.3 Å². The van der Waals surface area contributed by atoms with Crippen molar-refractivity contribution in [1.82, 2.24) is 10.2 Å². The van der Waals surface area contributed by atoms with Crippen LogP contribution in [0.5, 0.6) is 0 Å². The highest BCUT2D eigenvalue weighted by Crippen LogP contribution is 2.38. The van der Waals surface area contributed by atoms with Crippen LogP contribution in [0.2, 0.25) is 0 Å². The Morgan fingerprint density at radius 3 is 2.75 bits per heavy atom. The van der Waals surface area contributed by atoms with Crippen LogP contribution in [0.4, 0.5) is 0 Å². The van der Waals surface area contributed by atoms with Gasteiger partial charge in [0.15, 0.2) is 0 Å². The minimum atomic E-state index is 0.443. The maximum absolute atomic E-state index is 8.71. The lowest BCUT2D eigenvalue weighted by Crippen LogP contribution is -2.11. The molecule has 3 nitrogen and oxygen atoms in total. The highest BCUT2D eigenvalue weighted by Gasteiger charge is 2.26. The molecule has 0 amide bonds. The molecule has 0 radical (unpaired) electrons. The predicted molar refractivity (Wildman–Crippen MR) is 63.2 cm³/mol. The molecule has 1 aromatic rings. The molecule has 3 heteroatoms. The first-order chi connectivity index (χ1) is 7.74. The summed E-state index contributed by atoms with van der Waals surface area (Å²) in [5, 5.41) is 16.4. The number of hydrogen-bond acceptors (Lipinski definition) is 2. The summed E-state index contributed by atoms with van der Waals surface area (Å²) in [7, 11) is 0. The van der Waals surface area contributed by atoms with Crippen molar-refractivity contribution in [2.75, 3.05) is 0 Å². The Morgan fingerprint density at radius 1 is 1.50 bits per heavy atom. The molecule has 1 aliphatic rings. The van der Waals surface area contributed by atoms with Crippen molar-refractivity contribution < 1.29 is 0 Å². The van der Waals surface area contributed by atoms with Gasteiger partial charge in [0.2, 0.25) is 0 Å². The first kappa shape index (κ1) is 11.2. The highest BCUT2D eigenvalue weighted by molar-refractivity contribution is 5.31. The molecule has 1 aliphatic carbocycles. The van der Waals surface area contributed by atoms with Gasteiger partial charge in [0, 0.05) is 18.0 Å². The van der Waals surface area contributed by atoms with E-state index in [0.29, 0.717) is 18.3 Å². The standard InChI is InChI=1S/C13H19N3/c1-9(2)12-11(7-4-8-14)13(16-15-12)10-5-3-6-10/h9-10H,3-7H2,1-2H3,(H,15,16). The fourth-order valence-corrected chi connectivity index (χ4v) is 2.35. The fourth-order valence-electron chi connectivity index (χ4n) is 2.35. The van der Waals surface area contributed by atoms with Crippen molar-refractivity contribution in [2.45, 2.75) is 57.8 Å². The summed E-state index contributed by atoms with van der Waals surface area (Å²) in [6.07, 6.45) is 5.34. The summed E-state index contributed by atoms with van der Waals surface area (Å²) in [5.41, 5.74) is 3.80. The average molecular weight is 217 g/mol. The number of nitrogens with zero attached hydrogens (tertiary/aromatic N) is 2. The average Bonchev–Trinajstić information content (AvgIpc) is 2.56. The molecule has 0 aliphatic heterocycles. The molecule has 0 atom stereocenters. The van der Waals surface area contributed by atoms with Gasteiger partial charge in [-0.25, -0.2) is 0 Å². The fraction of sp³-hybridized carbons (Fsp3) is 0.692. The Hall–Kier alpha value is -1.30. The Kier molecular flexibility index (Phi) is 3.28. The van der Waals surface area contributed by atoms with E-state index in [4.69, 9.17) is 5.26 Å². The molecule has 0 bridgehead atoms. The van der Waals surface area contributed by atoms with Crippen LogP contribution in [0.1, 0.15) is 68.3 Å². The van der Waals surface area contributed by atoms with Gasteiger partial charge in [-0.3, -0.25) is 5.10 Å². The SMILES string of the molecule is CC(C)c1n[nH]c(C2CCC2)c1CCC#N. The van der Waals surface area contributed by atoms with Crippen LogP contribution < -0.4 is 0 Å². The van der Waals surface area contributed by atoms with Crippen molar-refractivity contribution in [3.8, 4) is 6.07 Å². The van der Waals surface area contributed by atoms with E-state index in [-0.39, 0.29) is 0 Å². The number of aromatic amines is 1. The first-order valence-electron chi connectivity index (χ1n) is 6.18. The molecular weight excluding hydrogens is 198 g/mol. The quantitative estimate of drug-likeness (QED) is 0.841. The minimum absolute atomic E-state index is 0.443. The van der Waals surface area contributed by atoms with E-state index in [2.05, 4.69) is 30.1 Å². The lowest BCUT2D eigenvalue weighted by molar-refractivity contribution is 0.408. The number of nitriles is 1. The molecule has 0 aromatic carbocycles. The van der Waals surface area contributed by atoms with Crippen LogP contribution in [0.3, 0.4) is 0 Å². The molecular formula is C13H19N3. The van der Waals surface area contributed by atoms with Gasteiger partial charge in [0.25, 0.3) is 0 Å². The molecule has 16 heavy (non-hydrogen) atoms. The van der Waals surface area contributed by atoms with Gasteiger partial charge < -0.3 is 0 Å². The summed E-state index contributed by atoms with van der Waals surface area (Å²) in [5.74, 6) is 1.12. The van der Waals surface area contributed by atoms with E-state index < -0.39 is 0 Å². The molecule has 2 rings (SSSR count). The second-order valence-corrected chi connectivity index (χ2v) is 4.94. The molecule has 1 aromatic heterocycles. The van der Waals surface area contributed by atoms with Gasteiger partial charge in [-0.15, -0.1) is 0 Å². The summed E-state index contributed by atoms with van der Waals surface area (Å²) in [4.78, 5) is 0. The molecule has 1 fully saturated rings. The number of H-pyrrole nitrogens is 1. The summed E-state index contributed by atoms with van der Waals surface area (Å²) in [6.45, 7) is 4.33. The summed E-state index contributed by atoms with van der Waals surface area (Å²) >= 11 is 0. The molecule has 86 valence electrons. The summed E-state index contributed by atoms with van der Waals surface area (Å²) in [6, 6.07) is 2.23. The Balaban J connectivity index is 2.26. The zero-order valence-electron chi connectivity index (χ0n) is 10.1. The predicted octanol–water partition coefficient (Wildman–Crippen LogP) is 3.26. The third-order valence-corrected chi connectivity index (χ3v) is 3.48. The normalized spacial score (nSPS) is 16.1. The molecule has 0 spiro atoms. The van der Waals surface area contributed by atoms with E-state index in [1.165, 1.54) is 30.5 Å². The Morgan fingerprint density at radius 2 is 2.25 bits per heavy atom. The monoisotopic (exact) mass is 217 g/mol. The largest absolute Gasteiger partial charge is 0.282 e. The first-order valence-corrected chi connectivity index (χ1v) is 6.18. The van der Waals surface area contributed by atoms with E-state index in [1.54, 1.807) is 0 Å². The third-order valence-electron chi connectivity index (χ3n) is 3.48. The molecule has 0 unspecified atom stereocenters. The lowest BCUT2D eigenvalue weighted by atomic mass is 9.80. The van der Waals surface area contributed by atoms with Gasteiger partial charge in [0.05, 0.1) is 11.8 Å². The van der Waals surface area contributed by atoms with Crippen LogP contribution in [0.15, 0.2) is 0 Å². The van der Waals surface area contributed by atoms with Crippen LogP contribution in [-0.2, 0) is 6.42 Å². The smallest absolute Gasteiger partial charge is 0.0682 e. The second kappa shape index (κ2) is 4.69. The topological polar surface area (TPSA) is 52.5 Å². The maximum atomic E-state index is 8.71. The second-order valence-electron chi connectivity index (χ2n) is 4.94. The zero-order chi connectivity index (χ0) is 11.5. The summed E-state index contributed by atoms with van der Waals surface area (Å²) < 4.78 is 0. The molecule has 1 heterocycles. The Labute approximate surface area is 96.9 Å². The van der Waals surface area contributed by atoms with Crippen molar-refractivity contribution in [3.63, 3.8) is 0 Å². The van der Waals surface area contributed by atoms with E-state index in [1.807, 2.05) is 0 Å². The molecule has 1 saturated carbocycles. The number of hydrogen-bond donors (Lipinski definition) is 1. The van der Waals surface area contributed by atoms with Crippen LogP contribution in [0.25, 0.3) is 0 Å². The van der Waals surface area contributed by atoms with Gasteiger partial charge >= 0.3 is 0 Å². The molecule has 0 saturated heterocycles. The third kappa shape index (κ3) is 1.97. The number of aromatic nitrogens is 2. The lowest BCUT2D eigenvalue weighted by Gasteiger charge is -2.25. The van der Waals surface area contributed by atoms with Gasteiger partial charge in [0.1, 0.15) is 0 Å². The van der Waals surface area contributed by atoms with E-state index in [9.17, 15) is 0 Å². The van der Waals surface area contributed by atoms with E-state index in [0.717, 1.165) is 12.1 Å². The number of nitrogens with one attached hydrogen (secondary N) is 1. The van der Waals surface area contributed by atoms with Crippen LogP contribution in [0, 0.1) is 11.3 Å². The van der Waals surface area contributed by atoms with Gasteiger partial charge in [-0.05, 0) is 30.7 Å². The van der Waals surface area contributed by atoms with Crippen molar-refractivity contribution in [2.24, 2.45) is 0 Å². The van der Waals surface area contributed by atoms with Gasteiger partial charge in [-0.2, -0.15) is 10.4 Å². The number of rotatable bonds is 4.